The van der Waals surface area contributed by atoms with Gasteiger partial charge in [-0.2, -0.15) is 0 Å². The van der Waals surface area contributed by atoms with Gasteiger partial charge in [0.2, 0.25) is 11.9 Å². The fourth-order valence-corrected chi connectivity index (χ4v) is 2.61. The van der Waals surface area contributed by atoms with Gasteiger partial charge < -0.3 is 16.5 Å². The number of nitrogen functional groups attached to an aromatic ring is 1. The van der Waals surface area contributed by atoms with E-state index in [0.717, 1.165) is 11.1 Å². The Bertz CT molecular complexity index is 882. The second kappa shape index (κ2) is 5.36. The number of hydrogen-bond acceptors (Lipinski definition) is 4. The van der Waals surface area contributed by atoms with Crippen LogP contribution in [0.1, 0.15) is 23.5 Å². The predicted molar refractivity (Wildman–Crippen MR) is 83.2 cm³/mol. The van der Waals surface area contributed by atoms with Crippen LogP contribution in [0.3, 0.4) is 0 Å². The first-order valence-corrected chi connectivity index (χ1v) is 6.76. The van der Waals surface area contributed by atoms with Gasteiger partial charge in [0.1, 0.15) is 11.0 Å². The average molecular weight is 297 g/mol. The molecule has 3 aromatic rings. The van der Waals surface area contributed by atoms with E-state index in [1.54, 1.807) is 6.20 Å². The second-order valence-electron chi connectivity index (χ2n) is 5.05. The summed E-state index contributed by atoms with van der Waals surface area (Å²) in [5.41, 5.74) is 13.1. The Morgan fingerprint density at radius 2 is 2.00 bits per heavy atom. The average Bonchev–Trinajstić information content (AvgIpc) is 2.89. The molecule has 3 rings (SSSR count). The molecule has 0 bridgehead atoms. The number of hydrogen-bond donors (Lipinski definition) is 4. The van der Waals surface area contributed by atoms with Crippen LogP contribution >= 0.6 is 0 Å². The zero-order valence-electron chi connectivity index (χ0n) is 11.7. The summed E-state index contributed by atoms with van der Waals surface area (Å²) in [7, 11) is 0. The van der Waals surface area contributed by atoms with E-state index in [4.69, 9.17) is 11.5 Å². The van der Waals surface area contributed by atoms with Gasteiger partial charge >= 0.3 is 0 Å². The van der Waals surface area contributed by atoms with Crippen molar-refractivity contribution in [3.05, 3.63) is 58.0 Å². The third-order valence-electron chi connectivity index (χ3n) is 3.57. The zero-order chi connectivity index (χ0) is 15.7. The number of aromatic amines is 2. The van der Waals surface area contributed by atoms with Gasteiger partial charge in [-0.3, -0.25) is 14.6 Å². The fraction of sp³-hybridized carbons (Fsp3) is 0.133. The molecule has 7 nitrogen and oxygen atoms in total. The molecule has 2 aromatic heterocycles. The minimum atomic E-state index is -0.430. The standard InChI is InChI=1S/C15H15N5O2/c16-11(21)6-9(8-4-2-1-3-5-8)10-7-18-13-12(10)19-15(17)20-14(13)22/h1-5,7,9,18H,6H2,(H2,16,21)(H3,17,19,20,22)/t9-/m1/s1. The molecule has 0 unspecified atom stereocenters. The van der Waals surface area contributed by atoms with Crippen LogP contribution in [0.15, 0.2) is 41.3 Å². The van der Waals surface area contributed by atoms with E-state index in [0.29, 0.717) is 11.0 Å². The Hall–Kier alpha value is -3.09. The van der Waals surface area contributed by atoms with E-state index in [1.807, 2.05) is 30.3 Å². The summed E-state index contributed by atoms with van der Waals surface area (Å²) in [6, 6.07) is 9.46. The van der Waals surface area contributed by atoms with Crippen molar-refractivity contribution >= 4 is 22.9 Å². The Labute approximate surface area is 125 Å². The number of fused-ring (bicyclic) bond motifs is 1. The topological polar surface area (TPSA) is 131 Å². The number of primary amides is 1. The van der Waals surface area contributed by atoms with Gasteiger partial charge in [0.25, 0.3) is 5.56 Å². The highest BCUT2D eigenvalue weighted by Gasteiger charge is 2.22. The maximum atomic E-state index is 11.9. The summed E-state index contributed by atoms with van der Waals surface area (Å²) >= 11 is 0. The lowest BCUT2D eigenvalue weighted by Gasteiger charge is -2.15. The summed E-state index contributed by atoms with van der Waals surface area (Å²) in [6.45, 7) is 0. The summed E-state index contributed by atoms with van der Waals surface area (Å²) in [5, 5.41) is 0. The van der Waals surface area contributed by atoms with Gasteiger partial charge in [0.15, 0.2) is 0 Å². The van der Waals surface area contributed by atoms with Crippen molar-refractivity contribution in [1.29, 1.82) is 0 Å². The number of nitrogens with two attached hydrogens (primary N) is 2. The third kappa shape index (κ3) is 2.44. The zero-order valence-corrected chi connectivity index (χ0v) is 11.7. The van der Waals surface area contributed by atoms with E-state index in [-0.39, 0.29) is 23.8 Å². The highest BCUT2D eigenvalue weighted by atomic mass is 16.1. The van der Waals surface area contributed by atoms with E-state index in [2.05, 4.69) is 15.0 Å². The Morgan fingerprint density at radius 1 is 1.27 bits per heavy atom. The Kier molecular flexibility index (Phi) is 3.38. The number of anilines is 1. The van der Waals surface area contributed by atoms with Gasteiger partial charge in [-0.1, -0.05) is 30.3 Å². The molecule has 0 aliphatic heterocycles. The molecule has 22 heavy (non-hydrogen) atoms. The highest BCUT2D eigenvalue weighted by molar-refractivity contribution is 5.82. The first-order chi connectivity index (χ1) is 10.6. The molecule has 6 N–H and O–H groups in total. The largest absolute Gasteiger partial charge is 0.370 e. The maximum Gasteiger partial charge on any atom is 0.276 e. The minimum Gasteiger partial charge on any atom is -0.370 e. The molecular formula is C15H15N5O2. The highest BCUT2D eigenvalue weighted by Crippen LogP contribution is 2.31. The fourth-order valence-electron chi connectivity index (χ4n) is 2.61. The lowest BCUT2D eigenvalue weighted by Crippen LogP contribution is -2.16. The molecule has 0 radical (unpaired) electrons. The van der Waals surface area contributed by atoms with Gasteiger partial charge in [-0.05, 0) is 5.56 Å². The van der Waals surface area contributed by atoms with Crippen LogP contribution in [-0.2, 0) is 4.79 Å². The van der Waals surface area contributed by atoms with Crippen LogP contribution in [0.5, 0.6) is 0 Å². The third-order valence-corrected chi connectivity index (χ3v) is 3.57. The Balaban J connectivity index is 2.20. The van der Waals surface area contributed by atoms with Crippen LogP contribution in [0.25, 0.3) is 11.0 Å². The number of carbonyl (C=O) groups is 1. The molecule has 0 saturated heterocycles. The first kappa shape index (κ1) is 13.9. The van der Waals surface area contributed by atoms with Crippen LogP contribution in [-0.4, -0.2) is 20.9 Å². The molecule has 1 amide bonds. The normalized spacial score (nSPS) is 12.4. The number of aromatic nitrogens is 3. The summed E-state index contributed by atoms with van der Waals surface area (Å²) < 4.78 is 0. The molecule has 1 atom stereocenters. The quantitative estimate of drug-likeness (QED) is 0.568. The number of nitrogens with zero attached hydrogens (tertiary/aromatic N) is 1. The smallest absolute Gasteiger partial charge is 0.276 e. The van der Waals surface area contributed by atoms with E-state index >= 15 is 0 Å². The molecule has 112 valence electrons. The van der Waals surface area contributed by atoms with E-state index in [1.165, 1.54) is 0 Å². The molecule has 0 fully saturated rings. The van der Waals surface area contributed by atoms with Gasteiger partial charge in [0.05, 0.1) is 0 Å². The molecule has 0 saturated carbocycles. The van der Waals surface area contributed by atoms with Crippen molar-refractivity contribution in [1.82, 2.24) is 15.0 Å². The molecule has 0 spiro atoms. The number of carbonyl (C=O) groups excluding carboxylic acids is 1. The van der Waals surface area contributed by atoms with Crippen molar-refractivity contribution in [2.45, 2.75) is 12.3 Å². The van der Waals surface area contributed by atoms with Gasteiger partial charge in [-0.15, -0.1) is 0 Å². The van der Waals surface area contributed by atoms with Crippen molar-refractivity contribution < 1.29 is 4.79 Å². The molecule has 7 heteroatoms. The molecule has 0 aliphatic rings. The first-order valence-electron chi connectivity index (χ1n) is 6.76. The summed E-state index contributed by atoms with van der Waals surface area (Å²) in [4.78, 5) is 32.9. The van der Waals surface area contributed by atoms with Gasteiger partial charge in [0, 0.05) is 24.1 Å². The number of nitrogens with one attached hydrogen (secondary N) is 2. The summed E-state index contributed by atoms with van der Waals surface area (Å²) in [5.74, 6) is -0.689. The molecule has 2 heterocycles. The van der Waals surface area contributed by atoms with Crippen molar-refractivity contribution in [2.24, 2.45) is 5.73 Å². The van der Waals surface area contributed by atoms with E-state index in [9.17, 15) is 9.59 Å². The number of benzene rings is 1. The second-order valence-corrected chi connectivity index (χ2v) is 5.05. The number of amides is 1. The predicted octanol–water partition coefficient (Wildman–Crippen LogP) is 0.841. The number of rotatable bonds is 4. The van der Waals surface area contributed by atoms with Crippen molar-refractivity contribution in [3.63, 3.8) is 0 Å². The summed E-state index contributed by atoms with van der Waals surface area (Å²) in [6.07, 6.45) is 1.79. The van der Waals surface area contributed by atoms with Crippen LogP contribution < -0.4 is 17.0 Å². The SMILES string of the molecule is NC(=O)C[C@H](c1ccccc1)c1c[nH]c2c(=O)[nH]c(N)nc12. The maximum absolute atomic E-state index is 11.9. The van der Waals surface area contributed by atoms with Crippen molar-refractivity contribution in [2.75, 3.05) is 5.73 Å². The van der Waals surface area contributed by atoms with Gasteiger partial charge in [-0.25, -0.2) is 4.98 Å². The molecule has 0 aliphatic carbocycles. The molecular weight excluding hydrogens is 282 g/mol. The lowest BCUT2D eigenvalue weighted by molar-refractivity contribution is -0.118. The minimum absolute atomic E-state index is 0.0317. The number of H-pyrrole nitrogens is 2. The van der Waals surface area contributed by atoms with E-state index < -0.39 is 5.91 Å². The van der Waals surface area contributed by atoms with Crippen LogP contribution in [0.2, 0.25) is 0 Å². The van der Waals surface area contributed by atoms with Crippen molar-refractivity contribution in [3.8, 4) is 0 Å². The molecule has 1 aromatic carbocycles. The Morgan fingerprint density at radius 3 is 2.68 bits per heavy atom. The lowest BCUT2D eigenvalue weighted by atomic mass is 9.89. The van der Waals surface area contributed by atoms with Crippen LogP contribution in [0.4, 0.5) is 5.95 Å². The van der Waals surface area contributed by atoms with Crippen LogP contribution in [0, 0.1) is 0 Å². The monoisotopic (exact) mass is 297 g/mol.